The maximum absolute atomic E-state index is 12.9. The van der Waals surface area contributed by atoms with Gasteiger partial charge in [0.15, 0.2) is 5.82 Å². The Morgan fingerprint density at radius 2 is 1.88 bits per heavy atom. The molecule has 0 saturated carbocycles. The highest BCUT2D eigenvalue weighted by molar-refractivity contribution is 7.13. The molecule has 6 rings (SSSR count). The van der Waals surface area contributed by atoms with Crippen molar-refractivity contribution >= 4 is 33.8 Å². The summed E-state index contributed by atoms with van der Waals surface area (Å²) in [5.41, 5.74) is 6.18. The van der Waals surface area contributed by atoms with E-state index in [1.165, 1.54) is 10.9 Å². The Labute approximate surface area is 199 Å². The van der Waals surface area contributed by atoms with Gasteiger partial charge < -0.3 is 9.97 Å². The third-order valence-electron chi connectivity index (χ3n) is 6.23. The first-order chi connectivity index (χ1) is 16.2. The molecule has 0 bridgehead atoms. The molecule has 0 spiro atoms. The monoisotopic (exact) mass is 472 g/mol. The number of fused-ring (bicyclic) bond motifs is 2. The fourth-order valence-corrected chi connectivity index (χ4v) is 5.39. The van der Waals surface area contributed by atoms with Crippen molar-refractivity contribution in [2.75, 3.05) is 6.54 Å². The maximum atomic E-state index is 12.9. The van der Waals surface area contributed by atoms with E-state index in [2.05, 4.69) is 33.1 Å². The second kappa shape index (κ2) is 8.30. The Morgan fingerprint density at radius 1 is 1.03 bits per heavy atom. The Morgan fingerprint density at radius 3 is 2.70 bits per heavy atom. The van der Waals surface area contributed by atoms with E-state index in [-0.39, 0.29) is 5.56 Å². The van der Waals surface area contributed by atoms with E-state index in [9.17, 15) is 4.79 Å². The van der Waals surface area contributed by atoms with Crippen LogP contribution in [0.1, 0.15) is 16.8 Å². The summed E-state index contributed by atoms with van der Waals surface area (Å²) in [7, 11) is 0. The summed E-state index contributed by atoms with van der Waals surface area (Å²) in [6, 6.07) is 20.2. The second-order valence-corrected chi connectivity index (χ2v) is 9.69. The molecule has 0 fully saturated rings. The van der Waals surface area contributed by atoms with Gasteiger partial charge in [-0.1, -0.05) is 48.0 Å². The molecule has 33 heavy (non-hydrogen) atoms. The molecule has 0 atom stereocenters. The minimum atomic E-state index is -0.0371. The Bertz CT molecular complexity index is 1500. The molecule has 3 aromatic heterocycles. The molecule has 7 heteroatoms. The van der Waals surface area contributed by atoms with Gasteiger partial charge >= 0.3 is 0 Å². The van der Waals surface area contributed by atoms with Crippen LogP contribution in [-0.4, -0.2) is 26.4 Å². The highest BCUT2D eigenvalue weighted by Gasteiger charge is 2.24. The topological polar surface area (TPSA) is 64.8 Å². The first kappa shape index (κ1) is 20.4. The smallest absolute Gasteiger partial charge is 0.255 e. The number of halogens is 1. The van der Waals surface area contributed by atoms with Crippen LogP contribution in [0.2, 0.25) is 5.02 Å². The number of thiophene rings is 1. The molecule has 0 saturated heterocycles. The quantitative estimate of drug-likeness (QED) is 0.344. The molecule has 0 amide bonds. The Hall–Kier alpha value is -3.19. The summed E-state index contributed by atoms with van der Waals surface area (Å²) < 4.78 is 0. The number of aromatic nitrogens is 3. The molecule has 1 aliphatic rings. The van der Waals surface area contributed by atoms with Crippen LogP contribution in [0, 0.1) is 0 Å². The van der Waals surface area contributed by atoms with Crippen molar-refractivity contribution < 1.29 is 0 Å². The number of rotatable bonds is 4. The normalized spacial score (nSPS) is 14.0. The van der Waals surface area contributed by atoms with Crippen LogP contribution in [0.5, 0.6) is 0 Å². The van der Waals surface area contributed by atoms with E-state index >= 15 is 0 Å². The van der Waals surface area contributed by atoms with E-state index in [0.717, 1.165) is 57.4 Å². The van der Waals surface area contributed by atoms with Gasteiger partial charge in [-0.05, 0) is 40.8 Å². The zero-order valence-electron chi connectivity index (χ0n) is 17.8. The van der Waals surface area contributed by atoms with Crippen molar-refractivity contribution in [1.82, 2.24) is 19.9 Å². The number of nitrogens with one attached hydrogen (secondary N) is 2. The van der Waals surface area contributed by atoms with Gasteiger partial charge in [0, 0.05) is 42.0 Å². The summed E-state index contributed by atoms with van der Waals surface area (Å²) >= 11 is 7.71. The zero-order valence-corrected chi connectivity index (χ0v) is 19.3. The second-order valence-electron chi connectivity index (χ2n) is 8.31. The average molecular weight is 473 g/mol. The summed E-state index contributed by atoms with van der Waals surface area (Å²) in [4.78, 5) is 27.6. The first-order valence-corrected chi connectivity index (χ1v) is 12.2. The molecule has 0 radical (unpaired) electrons. The predicted molar refractivity (Wildman–Crippen MR) is 135 cm³/mol. The molecule has 2 N–H and O–H groups in total. The maximum Gasteiger partial charge on any atom is 0.255 e. The molecule has 2 aromatic carbocycles. The number of H-pyrrole nitrogens is 2. The largest absolute Gasteiger partial charge is 0.354 e. The fraction of sp³-hybridized carbons (Fsp3) is 0.154. The standard InChI is InChI=1S/C26H21ClN4OS/c27-17-9-7-16(8-10-17)24-19(18-4-1-2-5-21(18)28-24)14-31-12-11-22-20(15-31)26(32)30-25(29-22)23-6-3-13-33-23/h1-10,13,28H,11-12,14-15H2,(H,29,30,32). The minimum absolute atomic E-state index is 0.0371. The van der Waals surface area contributed by atoms with Crippen molar-refractivity contribution in [3.63, 3.8) is 0 Å². The van der Waals surface area contributed by atoms with Crippen LogP contribution in [-0.2, 0) is 19.5 Å². The highest BCUT2D eigenvalue weighted by Crippen LogP contribution is 2.33. The number of aromatic amines is 2. The van der Waals surface area contributed by atoms with Crippen LogP contribution in [0.4, 0.5) is 0 Å². The van der Waals surface area contributed by atoms with Crippen LogP contribution in [0.25, 0.3) is 32.9 Å². The van der Waals surface area contributed by atoms with Crippen molar-refractivity contribution in [2.45, 2.75) is 19.5 Å². The lowest BCUT2D eigenvalue weighted by Crippen LogP contribution is -2.35. The number of hydrogen-bond acceptors (Lipinski definition) is 4. The van der Waals surface area contributed by atoms with Crippen molar-refractivity contribution in [2.24, 2.45) is 0 Å². The SMILES string of the molecule is O=c1[nH]c(-c2cccs2)nc2c1CN(Cc1c(-c3ccc(Cl)cc3)[nH]c3ccccc13)CC2. The molecule has 0 aliphatic carbocycles. The van der Waals surface area contributed by atoms with Gasteiger partial charge in [-0.2, -0.15) is 0 Å². The molecule has 5 nitrogen and oxygen atoms in total. The molecule has 4 heterocycles. The highest BCUT2D eigenvalue weighted by atomic mass is 35.5. The van der Waals surface area contributed by atoms with Gasteiger partial charge in [-0.3, -0.25) is 9.69 Å². The van der Waals surface area contributed by atoms with E-state index in [1.54, 1.807) is 11.3 Å². The Kier molecular flexibility index (Phi) is 5.14. The molecular formula is C26H21ClN4OS. The van der Waals surface area contributed by atoms with E-state index < -0.39 is 0 Å². The molecule has 0 unspecified atom stereocenters. The summed E-state index contributed by atoms with van der Waals surface area (Å²) in [6.07, 6.45) is 0.760. The lowest BCUT2D eigenvalue weighted by atomic mass is 10.0. The predicted octanol–water partition coefficient (Wildman–Crippen LogP) is 5.86. The van der Waals surface area contributed by atoms with Crippen LogP contribution in [0.3, 0.4) is 0 Å². The lowest BCUT2D eigenvalue weighted by Gasteiger charge is -2.28. The van der Waals surface area contributed by atoms with Gasteiger partial charge in [0.2, 0.25) is 0 Å². The lowest BCUT2D eigenvalue weighted by molar-refractivity contribution is 0.243. The molecule has 5 aromatic rings. The minimum Gasteiger partial charge on any atom is -0.354 e. The fourth-order valence-electron chi connectivity index (χ4n) is 4.60. The van der Waals surface area contributed by atoms with Gasteiger partial charge in [-0.25, -0.2) is 4.98 Å². The van der Waals surface area contributed by atoms with Crippen LogP contribution >= 0.6 is 22.9 Å². The Balaban J connectivity index is 1.35. The summed E-state index contributed by atoms with van der Waals surface area (Å²) in [6.45, 7) is 2.18. The summed E-state index contributed by atoms with van der Waals surface area (Å²) in [5.74, 6) is 0.670. The van der Waals surface area contributed by atoms with Crippen LogP contribution < -0.4 is 5.56 Å². The number of para-hydroxylation sites is 1. The van der Waals surface area contributed by atoms with E-state index in [0.29, 0.717) is 12.4 Å². The van der Waals surface area contributed by atoms with Gasteiger partial charge in [0.1, 0.15) is 0 Å². The molecular weight excluding hydrogens is 452 g/mol. The van der Waals surface area contributed by atoms with Crippen molar-refractivity contribution in [1.29, 1.82) is 0 Å². The number of nitrogens with zero attached hydrogens (tertiary/aromatic N) is 2. The summed E-state index contributed by atoms with van der Waals surface area (Å²) in [5, 5.41) is 3.92. The number of hydrogen-bond donors (Lipinski definition) is 2. The van der Waals surface area contributed by atoms with Gasteiger partial charge in [-0.15, -0.1) is 11.3 Å². The van der Waals surface area contributed by atoms with E-state index in [4.69, 9.17) is 16.6 Å². The third kappa shape index (κ3) is 3.80. The molecule has 1 aliphatic heterocycles. The van der Waals surface area contributed by atoms with Gasteiger partial charge in [0.05, 0.1) is 21.8 Å². The van der Waals surface area contributed by atoms with Crippen molar-refractivity contribution in [3.05, 3.63) is 98.2 Å². The third-order valence-corrected chi connectivity index (χ3v) is 7.36. The van der Waals surface area contributed by atoms with Crippen LogP contribution in [0.15, 0.2) is 70.8 Å². The average Bonchev–Trinajstić information content (AvgIpc) is 3.49. The van der Waals surface area contributed by atoms with E-state index in [1.807, 2.05) is 47.8 Å². The molecule has 164 valence electrons. The zero-order chi connectivity index (χ0) is 22.4. The van der Waals surface area contributed by atoms with Gasteiger partial charge in [0.25, 0.3) is 5.56 Å². The van der Waals surface area contributed by atoms with Crippen molar-refractivity contribution in [3.8, 4) is 22.0 Å². The first-order valence-electron chi connectivity index (χ1n) is 10.9. The number of benzene rings is 2.